The van der Waals surface area contributed by atoms with Crippen molar-refractivity contribution in [3.63, 3.8) is 0 Å². The Balaban J connectivity index is 1.93. The number of carbonyl (C=O) groups excluding carboxylic acids is 1. The molecule has 1 atom stereocenters. The molecule has 132 valence electrons. The summed E-state index contributed by atoms with van der Waals surface area (Å²) in [7, 11) is 0. The minimum atomic E-state index is -0.678. The van der Waals surface area contributed by atoms with Crippen molar-refractivity contribution in [2.24, 2.45) is 5.10 Å². The van der Waals surface area contributed by atoms with E-state index < -0.39 is 6.10 Å². The lowest BCUT2D eigenvalue weighted by atomic mass is 10.2. The van der Waals surface area contributed by atoms with Gasteiger partial charge in [-0.05, 0) is 53.5 Å². The minimum Gasteiger partial charge on any atom is -0.493 e. The molecule has 2 aromatic rings. The molecule has 5 nitrogen and oxygen atoms in total. The molecule has 0 bridgehead atoms. The first kappa shape index (κ1) is 19.0. The minimum absolute atomic E-state index is 0.334. The first-order chi connectivity index (χ1) is 12.1. The third-order valence-electron chi connectivity index (χ3n) is 3.27. The fourth-order valence-electron chi connectivity index (χ4n) is 1.97. The molecule has 1 N–H and O–H groups in total. The van der Waals surface area contributed by atoms with E-state index in [0.717, 1.165) is 22.2 Å². The van der Waals surface area contributed by atoms with Gasteiger partial charge in [0.15, 0.2) is 6.10 Å². The summed E-state index contributed by atoms with van der Waals surface area (Å²) < 4.78 is 12.1. The number of nitrogens with zero attached hydrogens (tertiary/aromatic N) is 1. The molecule has 0 saturated heterocycles. The predicted octanol–water partition coefficient (Wildman–Crippen LogP) is 4.16. The van der Waals surface area contributed by atoms with Crippen molar-refractivity contribution in [2.75, 3.05) is 6.61 Å². The van der Waals surface area contributed by atoms with E-state index in [1.807, 2.05) is 49.4 Å². The van der Waals surface area contributed by atoms with Gasteiger partial charge in [-0.2, -0.15) is 5.10 Å². The molecular formula is C19H21BrN2O3. The number of rotatable bonds is 8. The lowest BCUT2D eigenvalue weighted by Crippen LogP contribution is -2.33. The van der Waals surface area contributed by atoms with Gasteiger partial charge in [-0.1, -0.05) is 31.2 Å². The number of halogens is 1. The second-order valence-electron chi connectivity index (χ2n) is 5.31. The van der Waals surface area contributed by atoms with Crippen LogP contribution in [0.4, 0.5) is 0 Å². The maximum absolute atomic E-state index is 12.1. The molecule has 1 amide bonds. The molecule has 6 heteroatoms. The van der Waals surface area contributed by atoms with E-state index in [0.29, 0.717) is 12.4 Å². The van der Waals surface area contributed by atoms with Gasteiger partial charge in [0.2, 0.25) is 0 Å². The van der Waals surface area contributed by atoms with Crippen LogP contribution in [-0.2, 0) is 4.79 Å². The highest BCUT2D eigenvalue weighted by atomic mass is 79.9. The maximum atomic E-state index is 12.1. The predicted molar refractivity (Wildman–Crippen MR) is 102 cm³/mol. The summed E-state index contributed by atoms with van der Waals surface area (Å²) in [5, 5.41) is 4.00. The molecule has 2 rings (SSSR count). The second-order valence-corrected chi connectivity index (χ2v) is 6.17. The molecule has 0 spiro atoms. The van der Waals surface area contributed by atoms with Gasteiger partial charge in [0.05, 0.1) is 17.3 Å². The van der Waals surface area contributed by atoms with Gasteiger partial charge in [-0.3, -0.25) is 4.79 Å². The molecule has 0 unspecified atom stereocenters. The molecule has 0 aliphatic heterocycles. The number of ether oxygens (including phenoxy) is 2. The van der Waals surface area contributed by atoms with Crippen LogP contribution in [-0.4, -0.2) is 24.8 Å². The summed E-state index contributed by atoms with van der Waals surface area (Å²) in [6, 6.07) is 14.9. The lowest BCUT2D eigenvalue weighted by molar-refractivity contribution is -0.127. The standard InChI is InChI=1S/C19H21BrN2O3/c1-3-12-24-17-10-6-4-8-15(17)13-21-22-19(23)14(2)25-18-11-7-5-9-16(18)20/h4-11,13-14H,3,12H2,1-2H3,(H,22,23)/b21-13-/t14-/m1/s1. The SMILES string of the molecule is CCCOc1ccccc1/C=N\NC(=O)[C@@H](C)Oc1ccccc1Br. The quantitative estimate of drug-likeness (QED) is 0.530. The van der Waals surface area contributed by atoms with Gasteiger partial charge in [-0.25, -0.2) is 5.43 Å². The summed E-state index contributed by atoms with van der Waals surface area (Å²) in [6.45, 7) is 4.35. The molecule has 0 aromatic heterocycles. The summed E-state index contributed by atoms with van der Waals surface area (Å²) in [4.78, 5) is 12.1. The summed E-state index contributed by atoms with van der Waals surface area (Å²) in [5.41, 5.74) is 3.29. The number of para-hydroxylation sites is 2. The Hall–Kier alpha value is -2.34. The van der Waals surface area contributed by atoms with E-state index in [1.165, 1.54) is 0 Å². The zero-order valence-corrected chi connectivity index (χ0v) is 15.8. The Morgan fingerprint density at radius 3 is 2.60 bits per heavy atom. The zero-order valence-electron chi connectivity index (χ0n) is 14.2. The fraction of sp³-hybridized carbons (Fsp3) is 0.263. The topological polar surface area (TPSA) is 59.9 Å². The van der Waals surface area contributed by atoms with Crippen molar-refractivity contribution in [1.29, 1.82) is 0 Å². The van der Waals surface area contributed by atoms with Crippen LogP contribution in [0.3, 0.4) is 0 Å². The van der Waals surface area contributed by atoms with Crippen LogP contribution in [0, 0.1) is 0 Å². The van der Waals surface area contributed by atoms with Crippen molar-refractivity contribution >= 4 is 28.1 Å². The first-order valence-electron chi connectivity index (χ1n) is 8.07. The molecule has 0 fully saturated rings. The molecule has 0 heterocycles. The van der Waals surface area contributed by atoms with Gasteiger partial charge in [-0.15, -0.1) is 0 Å². The van der Waals surface area contributed by atoms with Crippen molar-refractivity contribution in [2.45, 2.75) is 26.4 Å². The average Bonchev–Trinajstić information content (AvgIpc) is 2.62. The van der Waals surface area contributed by atoms with Crippen LogP contribution in [0.2, 0.25) is 0 Å². The summed E-state index contributed by atoms with van der Waals surface area (Å²) in [5.74, 6) is 1.01. The van der Waals surface area contributed by atoms with Crippen LogP contribution in [0.5, 0.6) is 11.5 Å². The van der Waals surface area contributed by atoms with Crippen molar-refractivity contribution in [3.05, 3.63) is 58.6 Å². The second kappa shape index (κ2) is 9.84. The smallest absolute Gasteiger partial charge is 0.280 e. The summed E-state index contributed by atoms with van der Waals surface area (Å²) >= 11 is 3.39. The van der Waals surface area contributed by atoms with Crippen LogP contribution >= 0.6 is 15.9 Å². The molecular weight excluding hydrogens is 384 g/mol. The first-order valence-corrected chi connectivity index (χ1v) is 8.87. The van der Waals surface area contributed by atoms with E-state index in [9.17, 15) is 4.79 Å². The van der Waals surface area contributed by atoms with Crippen LogP contribution < -0.4 is 14.9 Å². The van der Waals surface area contributed by atoms with Gasteiger partial charge >= 0.3 is 0 Å². The Morgan fingerprint density at radius 1 is 1.20 bits per heavy atom. The van der Waals surface area contributed by atoms with E-state index in [4.69, 9.17) is 9.47 Å². The molecule has 0 radical (unpaired) electrons. The third-order valence-corrected chi connectivity index (χ3v) is 3.92. The fourth-order valence-corrected chi connectivity index (χ4v) is 2.35. The van der Waals surface area contributed by atoms with E-state index in [-0.39, 0.29) is 5.91 Å². The Labute approximate surface area is 156 Å². The highest BCUT2D eigenvalue weighted by molar-refractivity contribution is 9.10. The average molecular weight is 405 g/mol. The Bertz CT molecular complexity index is 734. The van der Waals surface area contributed by atoms with Crippen LogP contribution in [0.15, 0.2) is 58.1 Å². The van der Waals surface area contributed by atoms with E-state index >= 15 is 0 Å². The van der Waals surface area contributed by atoms with E-state index in [2.05, 4.69) is 26.5 Å². The molecule has 25 heavy (non-hydrogen) atoms. The number of hydrazone groups is 1. The molecule has 0 aliphatic rings. The largest absolute Gasteiger partial charge is 0.493 e. The molecule has 0 saturated carbocycles. The summed E-state index contributed by atoms with van der Waals surface area (Å²) in [6.07, 6.45) is 1.81. The number of amides is 1. The third kappa shape index (κ3) is 5.90. The number of hydrogen-bond donors (Lipinski definition) is 1. The van der Waals surface area contributed by atoms with Gasteiger partial charge in [0.25, 0.3) is 5.91 Å². The molecule has 0 aliphatic carbocycles. The number of nitrogens with one attached hydrogen (secondary N) is 1. The van der Waals surface area contributed by atoms with Crippen molar-refractivity contribution in [1.82, 2.24) is 5.43 Å². The number of carbonyl (C=O) groups is 1. The van der Waals surface area contributed by atoms with Gasteiger partial charge in [0, 0.05) is 5.56 Å². The van der Waals surface area contributed by atoms with Gasteiger partial charge in [0.1, 0.15) is 11.5 Å². The van der Waals surface area contributed by atoms with Gasteiger partial charge < -0.3 is 9.47 Å². The van der Waals surface area contributed by atoms with Crippen LogP contribution in [0.1, 0.15) is 25.8 Å². The maximum Gasteiger partial charge on any atom is 0.280 e. The number of hydrogen-bond acceptors (Lipinski definition) is 4. The normalized spacial score (nSPS) is 12.0. The Morgan fingerprint density at radius 2 is 1.88 bits per heavy atom. The van der Waals surface area contributed by atoms with Crippen molar-refractivity contribution in [3.8, 4) is 11.5 Å². The monoisotopic (exact) mass is 404 g/mol. The lowest BCUT2D eigenvalue weighted by Gasteiger charge is -2.14. The highest BCUT2D eigenvalue weighted by Crippen LogP contribution is 2.24. The van der Waals surface area contributed by atoms with E-state index in [1.54, 1.807) is 19.2 Å². The van der Waals surface area contributed by atoms with Crippen LogP contribution in [0.25, 0.3) is 0 Å². The zero-order chi connectivity index (χ0) is 18.1. The van der Waals surface area contributed by atoms with Crippen molar-refractivity contribution < 1.29 is 14.3 Å². The molecule has 2 aromatic carbocycles. The number of benzene rings is 2. The Kier molecular flexibility index (Phi) is 7.47. The highest BCUT2D eigenvalue weighted by Gasteiger charge is 2.15.